The molecular weight excluding hydrogens is 364 g/mol. The topological polar surface area (TPSA) is 45.9 Å². The van der Waals surface area contributed by atoms with Crippen molar-refractivity contribution in [1.82, 2.24) is 4.90 Å². The van der Waals surface area contributed by atoms with Gasteiger partial charge in [0, 0.05) is 43.3 Å². The molecule has 0 radical (unpaired) electrons. The first-order valence-electron chi connectivity index (χ1n) is 8.96. The van der Waals surface area contributed by atoms with Crippen LogP contribution in [0.5, 0.6) is 5.75 Å². The molecule has 1 saturated heterocycles. The van der Waals surface area contributed by atoms with Crippen LogP contribution in [0.1, 0.15) is 5.56 Å². The van der Waals surface area contributed by atoms with Gasteiger partial charge >= 0.3 is 0 Å². The summed E-state index contributed by atoms with van der Waals surface area (Å²) in [4.78, 5) is 17.3. The van der Waals surface area contributed by atoms with Gasteiger partial charge in [-0.05, 0) is 30.3 Å². The summed E-state index contributed by atoms with van der Waals surface area (Å²) in [5.74, 6) is 0.887. The van der Waals surface area contributed by atoms with Gasteiger partial charge in [0.2, 0.25) is 0 Å². The lowest BCUT2D eigenvalue weighted by Gasteiger charge is -2.36. The van der Waals surface area contributed by atoms with Gasteiger partial charge in [-0.3, -0.25) is 9.69 Å². The largest absolute Gasteiger partial charge is 0.495 e. The van der Waals surface area contributed by atoms with Gasteiger partial charge in [-0.25, -0.2) is 0 Å². The highest BCUT2D eigenvalue weighted by atomic mass is 35.5. The number of nitrogens with zero attached hydrogens (tertiary/aromatic N) is 2. The predicted molar refractivity (Wildman–Crippen MR) is 108 cm³/mol. The maximum absolute atomic E-state index is 12.8. The second kappa shape index (κ2) is 7.62. The highest BCUT2D eigenvalue weighted by Crippen LogP contribution is 2.28. The van der Waals surface area contributed by atoms with Crippen molar-refractivity contribution < 1.29 is 9.15 Å². The first-order chi connectivity index (χ1) is 13.2. The Hall–Kier alpha value is -2.50. The van der Waals surface area contributed by atoms with E-state index in [1.165, 1.54) is 0 Å². The third-order valence-electron chi connectivity index (χ3n) is 5.00. The van der Waals surface area contributed by atoms with Crippen LogP contribution in [0.25, 0.3) is 11.0 Å². The molecule has 140 valence electrons. The monoisotopic (exact) mass is 384 g/mol. The van der Waals surface area contributed by atoms with E-state index >= 15 is 0 Å². The molecule has 0 spiro atoms. The summed E-state index contributed by atoms with van der Waals surface area (Å²) in [6.45, 7) is 4.07. The molecule has 4 rings (SSSR count). The van der Waals surface area contributed by atoms with Gasteiger partial charge in [-0.15, -0.1) is 0 Å². The van der Waals surface area contributed by atoms with Crippen LogP contribution in [0.4, 0.5) is 5.69 Å². The fraction of sp³-hybridized carbons (Fsp3) is 0.286. The molecule has 0 bridgehead atoms. The maximum atomic E-state index is 12.8. The zero-order valence-electron chi connectivity index (χ0n) is 15.2. The van der Waals surface area contributed by atoms with Crippen LogP contribution in [-0.4, -0.2) is 38.2 Å². The van der Waals surface area contributed by atoms with E-state index in [2.05, 4.69) is 15.9 Å². The molecule has 2 heterocycles. The van der Waals surface area contributed by atoms with E-state index in [4.69, 9.17) is 20.8 Å². The molecule has 0 amide bonds. The number of halogens is 1. The smallest absolute Gasteiger partial charge is 0.197 e. The van der Waals surface area contributed by atoms with Gasteiger partial charge in [-0.2, -0.15) is 0 Å². The number of fused-ring (bicyclic) bond motifs is 1. The number of benzene rings is 2. The fourth-order valence-electron chi connectivity index (χ4n) is 3.53. The number of hydrogen-bond donors (Lipinski definition) is 0. The second-order valence-corrected chi connectivity index (χ2v) is 7.10. The number of para-hydroxylation sites is 2. The minimum Gasteiger partial charge on any atom is -0.495 e. The summed E-state index contributed by atoms with van der Waals surface area (Å²) >= 11 is 6.03. The van der Waals surface area contributed by atoms with Crippen molar-refractivity contribution in [2.24, 2.45) is 0 Å². The van der Waals surface area contributed by atoms with Gasteiger partial charge < -0.3 is 14.1 Å². The van der Waals surface area contributed by atoms with Crippen molar-refractivity contribution >= 4 is 28.3 Å². The van der Waals surface area contributed by atoms with Crippen molar-refractivity contribution in [3.05, 3.63) is 69.5 Å². The van der Waals surface area contributed by atoms with E-state index in [1.807, 2.05) is 18.2 Å². The van der Waals surface area contributed by atoms with E-state index in [9.17, 15) is 4.79 Å². The molecular formula is C21H21ClN2O3. The maximum Gasteiger partial charge on any atom is 0.197 e. The first kappa shape index (κ1) is 17.9. The lowest BCUT2D eigenvalue weighted by atomic mass is 10.1. The molecule has 0 atom stereocenters. The van der Waals surface area contributed by atoms with Crippen LogP contribution in [0, 0.1) is 0 Å². The van der Waals surface area contributed by atoms with Crippen molar-refractivity contribution in [2.45, 2.75) is 6.54 Å². The van der Waals surface area contributed by atoms with Crippen LogP contribution in [0.15, 0.2) is 57.9 Å². The molecule has 1 aromatic heterocycles. The number of methoxy groups -OCH3 is 1. The van der Waals surface area contributed by atoms with Crippen LogP contribution < -0.4 is 15.1 Å². The van der Waals surface area contributed by atoms with E-state index < -0.39 is 0 Å². The molecule has 1 aliphatic rings. The van der Waals surface area contributed by atoms with Crippen molar-refractivity contribution in [3.8, 4) is 5.75 Å². The Morgan fingerprint density at radius 2 is 1.89 bits per heavy atom. The Labute approximate surface area is 162 Å². The lowest BCUT2D eigenvalue weighted by molar-refractivity contribution is 0.247. The van der Waals surface area contributed by atoms with Gasteiger partial charge in [-0.1, -0.05) is 23.7 Å². The molecule has 1 aliphatic heterocycles. The quantitative estimate of drug-likeness (QED) is 0.685. The number of anilines is 1. The number of rotatable bonds is 4. The SMILES string of the molecule is COc1ccccc1N1CCN(Cc2coc3ccc(Cl)cc3c2=O)CC1. The van der Waals surface area contributed by atoms with Gasteiger partial charge in [0.15, 0.2) is 5.43 Å². The van der Waals surface area contributed by atoms with Crippen molar-refractivity contribution in [2.75, 3.05) is 38.2 Å². The first-order valence-corrected chi connectivity index (χ1v) is 9.34. The minimum atomic E-state index is -0.00842. The standard InChI is InChI=1S/C21H21ClN2O3/c1-26-20-5-3-2-4-18(20)24-10-8-23(9-11-24)13-15-14-27-19-7-6-16(22)12-17(19)21(15)25/h2-7,12,14H,8-11,13H2,1H3. The molecule has 1 fully saturated rings. The van der Waals surface area contributed by atoms with Crippen LogP contribution in [-0.2, 0) is 6.54 Å². The molecule has 0 unspecified atom stereocenters. The zero-order valence-corrected chi connectivity index (χ0v) is 15.9. The summed E-state index contributed by atoms with van der Waals surface area (Å²) in [7, 11) is 1.69. The zero-order chi connectivity index (χ0) is 18.8. The summed E-state index contributed by atoms with van der Waals surface area (Å²) in [6, 6.07) is 13.2. The Bertz CT molecular complexity index is 1010. The highest BCUT2D eigenvalue weighted by Gasteiger charge is 2.20. The molecule has 3 aromatic rings. The summed E-state index contributed by atoms with van der Waals surface area (Å²) in [6.07, 6.45) is 1.57. The van der Waals surface area contributed by atoms with Crippen molar-refractivity contribution in [1.29, 1.82) is 0 Å². The van der Waals surface area contributed by atoms with Gasteiger partial charge in [0.05, 0.1) is 24.4 Å². The van der Waals surface area contributed by atoms with E-state index in [0.29, 0.717) is 28.1 Å². The van der Waals surface area contributed by atoms with E-state index in [-0.39, 0.29) is 5.43 Å². The minimum absolute atomic E-state index is 0.00842. The van der Waals surface area contributed by atoms with Gasteiger partial charge in [0.25, 0.3) is 0 Å². The Kier molecular flexibility index (Phi) is 5.05. The molecule has 27 heavy (non-hydrogen) atoms. The highest BCUT2D eigenvalue weighted by molar-refractivity contribution is 6.31. The molecule has 0 N–H and O–H groups in total. The number of ether oxygens (including phenoxy) is 1. The molecule has 0 aliphatic carbocycles. The normalized spacial score (nSPS) is 15.3. The Morgan fingerprint density at radius 3 is 2.67 bits per heavy atom. The molecule has 6 heteroatoms. The average Bonchev–Trinajstić information content (AvgIpc) is 2.71. The average molecular weight is 385 g/mol. The van der Waals surface area contributed by atoms with E-state index in [0.717, 1.165) is 37.6 Å². The van der Waals surface area contributed by atoms with Crippen molar-refractivity contribution in [3.63, 3.8) is 0 Å². The third kappa shape index (κ3) is 3.66. The Morgan fingerprint density at radius 1 is 1.11 bits per heavy atom. The predicted octanol–water partition coefficient (Wildman–Crippen LogP) is 3.78. The van der Waals surface area contributed by atoms with E-state index in [1.54, 1.807) is 31.6 Å². The Balaban J connectivity index is 1.47. The summed E-state index contributed by atoms with van der Waals surface area (Å²) in [5, 5.41) is 1.07. The number of piperazine rings is 1. The van der Waals surface area contributed by atoms with Crippen LogP contribution in [0.3, 0.4) is 0 Å². The van der Waals surface area contributed by atoms with Gasteiger partial charge in [0.1, 0.15) is 11.3 Å². The third-order valence-corrected chi connectivity index (χ3v) is 5.23. The molecule has 5 nitrogen and oxygen atoms in total. The van der Waals surface area contributed by atoms with Crippen LogP contribution in [0.2, 0.25) is 5.02 Å². The lowest BCUT2D eigenvalue weighted by Crippen LogP contribution is -2.46. The number of hydrogen-bond acceptors (Lipinski definition) is 5. The second-order valence-electron chi connectivity index (χ2n) is 6.67. The molecule has 2 aromatic carbocycles. The fourth-order valence-corrected chi connectivity index (χ4v) is 3.70. The van der Waals surface area contributed by atoms with Crippen LogP contribution >= 0.6 is 11.6 Å². The summed E-state index contributed by atoms with van der Waals surface area (Å²) < 4.78 is 11.1. The molecule has 0 saturated carbocycles. The summed E-state index contributed by atoms with van der Waals surface area (Å²) in [5.41, 5.74) is 2.33.